The molecule has 0 aliphatic carbocycles. The van der Waals surface area contributed by atoms with E-state index >= 15 is 0 Å². The molecular formula is C9H7Br2FO2. The van der Waals surface area contributed by atoms with Crippen molar-refractivity contribution in [3.63, 3.8) is 0 Å². The number of methoxy groups -OCH3 is 1. The molecule has 0 bridgehead atoms. The number of hydrogen-bond donors (Lipinski definition) is 0. The van der Waals surface area contributed by atoms with Gasteiger partial charge in [0.25, 0.3) is 0 Å². The maximum absolute atomic E-state index is 13.3. The fourth-order valence-electron chi connectivity index (χ4n) is 0.939. The van der Waals surface area contributed by atoms with Gasteiger partial charge in [-0.25, -0.2) is 4.39 Å². The lowest BCUT2D eigenvalue weighted by Crippen LogP contribution is -2.09. The van der Waals surface area contributed by atoms with Crippen molar-refractivity contribution in [2.24, 2.45) is 0 Å². The minimum Gasteiger partial charge on any atom is -0.468 e. The topological polar surface area (TPSA) is 26.3 Å². The van der Waals surface area contributed by atoms with Crippen LogP contribution in [0.1, 0.15) is 10.4 Å². The summed E-state index contributed by atoms with van der Waals surface area (Å²) < 4.78 is 18.5. The Labute approximate surface area is 97.7 Å². The average Bonchev–Trinajstić information content (AvgIpc) is 2.19. The first kappa shape index (κ1) is 11.7. The van der Waals surface area contributed by atoms with Gasteiger partial charge in [-0.1, -0.05) is 31.9 Å². The average molecular weight is 326 g/mol. The zero-order valence-electron chi connectivity index (χ0n) is 7.26. The van der Waals surface area contributed by atoms with Gasteiger partial charge in [-0.2, -0.15) is 0 Å². The van der Waals surface area contributed by atoms with Crippen LogP contribution in [0.2, 0.25) is 0 Å². The van der Waals surface area contributed by atoms with Gasteiger partial charge in [-0.3, -0.25) is 4.79 Å². The van der Waals surface area contributed by atoms with E-state index in [1.807, 2.05) is 0 Å². The fourth-order valence-corrected chi connectivity index (χ4v) is 1.86. The summed E-state index contributed by atoms with van der Waals surface area (Å²) in [7, 11) is 1.26. The molecule has 0 amide bonds. The number of carbonyl (C=O) groups excluding carboxylic acids is 1. The first-order chi connectivity index (χ1) is 6.56. The van der Waals surface area contributed by atoms with Crippen molar-refractivity contribution in [3.05, 3.63) is 34.1 Å². The van der Waals surface area contributed by atoms with Gasteiger partial charge < -0.3 is 4.74 Å². The van der Waals surface area contributed by atoms with E-state index in [0.29, 0.717) is 4.47 Å². The van der Waals surface area contributed by atoms with Crippen LogP contribution in [0.25, 0.3) is 0 Å². The van der Waals surface area contributed by atoms with Gasteiger partial charge in [0.1, 0.15) is 10.6 Å². The predicted octanol–water partition coefficient (Wildman–Crippen LogP) is 3.20. The maximum Gasteiger partial charge on any atom is 0.324 e. The SMILES string of the molecule is COC(=O)C(Br)c1cc(Br)ccc1F. The normalized spacial score (nSPS) is 12.3. The Hall–Kier alpha value is -0.420. The second-order valence-corrected chi connectivity index (χ2v) is 4.38. The summed E-state index contributed by atoms with van der Waals surface area (Å²) in [5.41, 5.74) is 0.256. The molecule has 0 fully saturated rings. The van der Waals surface area contributed by atoms with Crippen molar-refractivity contribution < 1.29 is 13.9 Å². The molecule has 0 aliphatic rings. The molecule has 76 valence electrons. The highest BCUT2D eigenvalue weighted by Crippen LogP contribution is 2.28. The van der Waals surface area contributed by atoms with E-state index in [9.17, 15) is 9.18 Å². The van der Waals surface area contributed by atoms with E-state index in [1.54, 1.807) is 6.07 Å². The third-order valence-corrected chi connectivity index (χ3v) is 3.00. The minimum absolute atomic E-state index is 0.256. The third-order valence-electron chi connectivity index (χ3n) is 1.64. The number of esters is 1. The van der Waals surface area contributed by atoms with Crippen molar-refractivity contribution in [3.8, 4) is 0 Å². The van der Waals surface area contributed by atoms with Crippen molar-refractivity contribution in [2.45, 2.75) is 4.83 Å². The van der Waals surface area contributed by atoms with Gasteiger partial charge in [-0.05, 0) is 18.2 Å². The molecule has 0 aromatic heterocycles. The summed E-state index contributed by atoms with van der Waals surface area (Å²) in [5.74, 6) is -0.970. The van der Waals surface area contributed by atoms with Crippen LogP contribution in [0.15, 0.2) is 22.7 Å². The van der Waals surface area contributed by atoms with Crippen molar-refractivity contribution in [1.29, 1.82) is 0 Å². The van der Waals surface area contributed by atoms with Crippen molar-refractivity contribution in [2.75, 3.05) is 7.11 Å². The molecule has 0 spiro atoms. The Morgan fingerprint density at radius 3 is 2.79 bits per heavy atom. The second-order valence-electron chi connectivity index (χ2n) is 2.55. The summed E-state index contributed by atoms with van der Waals surface area (Å²) in [6.45, 7) is 0. The maximum atomic E-state index is 13.3. The minimum atomic E-state index is -0.773. The number of carbonyl (C=O) groups is 1. The van der Waals surface area contributed by atoms with E-state index in [1.165, 1.54) is 19.2 Å². The van der Waals surface area contributed by atoms with Gasteiger partial charge in [0.2, 0.25) is 0 Å². The third kappa shape index (κ3) is 2.54. The predicted molar refractivity (Wildman–Crippen MR) is 57.8 cm³/mol. The molecule has 0 radical (unpaired) electrons. The van der Waals surface area contributed by atoms with Crippen molar-refractivity contribution in [1.82, 2.24) is 0 Å². The molecule has 0 saturated carbocycles. The molecule has 1 atom stereocenters. The summed E-state index contributed by atoms with van der Waals surface area (Å²) >= 11 is 6.26. The summed E-state index contributed by atoms with van der Waals surface area (Å²) in [5, 5.41) is 0. The molecule has 1 aromatic carbocycles. The highest BCUT2D eigenvalue weighted by atomic mass is 79.9. The summed E-state index contributed by atoms with van der Waals surface area (Å²) in [6.07, 6.45) is 0. The molecule has 0 heterocycles. The lowest BCUT2D eigenvalue weighted by molar-refractivity contribution is -0.139. The van der Waals surface area contributed by atoms with Crippen LogP contribution in [0.4, 0.5) is 4.39 Å². The largest absolute Gasteiger partial charge is 0.468 e. The van der Waals surface area contributed by atoms with Crippen LogP contribution in [0.5, 0.6) is 0 Å². The van der Waals surface area contributed by atoms with Crippen LogP contribution >= 0.6 is 31.9 Å². The fraction of sp³-hybridized carbons (Fsp3) is 0.222. The highest BCUT2D eigenvalue weighted by Gasteiger charge is 2.21. The molecule has 2 nitrogen and oxygen atoms in total. The quantitative estimate of drug-likeness (QED) is 0.616. The Morgan fingerprint density at radius 2 is 2.21 bits per heavy atom. The Balaban J connectivity index is 3.05. The van der Waals surface area contributed by atoms with E-state index in [4.69, 9.17) is 0 Å². The van der Waals surface area contributed by atoms with Crippen LogP contribution in [-0.4, -0.2) is 13.1 Å². The summed E-state index contributed by atoms with van der Waals surface area (Å²) in [6, 6.07) is 4.39. The van der Waals surface area contributed by atoms with Gasteiger partial charge in [-0.15, -0.1) is 0 Å². The molecule has 0 N–H and O–H groups in total. The molecule has 14 heavy (non-hydrogen) atoms. The monoisotopic (exact) mass is 324 g/mol. The Kier molecular flexibility index (Phi) is 4.07. The lowest BCUT2D eigenvalue weighted by atomic mass is 10.1. The number of alkyl halides is 1. The number of halogens is 3. The number of hydrogen-bond acceptors (Lipinski definition) is 2. The van der Waals surface area contributed by atoms with Crippen molar-refractivity contribution >= 4 is 37.8 Å². The van der Waals surface area contributed by atoms with E-state index in [0.717, 1.165) is 0 Å². The van der Waals surface area contributed by atoms with E-state index < -0.39 is 16.6 Å². The Morgan fingerprint density at radius 1 is 1.57 bits per heavy atom. The zero-order valence-corrected chi connectivity index (χ0v) is 10.4. The first-order valence-electron chi connectivity index (χ1n) is 3.73. The van der Waals surface area contributed by atoms with E-state index in [2.05, 4.69) is 36.6 Å². The first-order valence-corrected chi connectivity index (χ1v) is 5.44. The lowest BCUT2D eigenvalue weighted by Gasteiger charge is -2.09. The van der Waals surface area contributed by atoms with Gasteiger partial charge in [0.15, 0.2) is 0 Å². The second kappa shape index (κ2) is 4.89. The number of rotatable bonds is 2. The molecule has 1 aromatic rings. The number of ether oxygens (including phenoxy) is 1. The molecular weight excluding hydrogens is 319 g/mol. The highest BCUT2D eigenvalue weighted by molar-refractivity contribution is 9.10. The zero-order chi connectivity index (χ0) is 10.7. The Bertz CT molecular complexity index is 355. The molecule has 0 aliphatic heterocycles. The van der Waals surface area contributed by atoms with E-state index in [-0.39, 0.29) is 5.56 Å². The van der Waals surface area contributed by atoms with Crippen LogP contribution in [0.3, 0.4) is 0 Å². The molecule has 1 unspecified atom stereocenters. The van der Waals surface area contributed by atoms with Crippen LogP contribution < -0.4 is 0 Å². The van der Waals surface area contributed by atoms with Gasteiger partial charge >= 0.3 is 5.97 Å². The smallest absolute Gasteiger partial charge is 0.324 e. The molecule has 0 saturated heterocycles. The van der Waals surface area contributed by atoms with Gasteiger partial charge in [0.05, 0.1) is 7.11 Å². The van der Waals surface area contributed by atoms with Crippen LogP contribution in [-0.2, 0) is 9.53 Å². The molecule has 5 heteroatoms. The summed E-state index contributed by atoms with van der Waals surface area (Å²) in [4.78, 5) is 10.4. The standard InChI is InChI=1S/C9H7Br2FO2/c1-14-9(13)8(11)6-4-5(10)2-3-7(6)12/h2-4,8H,1H3. The van der Waals surface area contributed by atoms with Crippen LogP contribution in [0, 0.1) is 5.82 Å². The molecule has 1 rings (SSSR count). The van der Waals surface area contributed by atoms with Gasteiger partial charge in [0, 0.05) is 10.0 Å². The number of benzene rings is 1.